The predicted octanol–water partition coefficient (Wildman–Crippen LogP) is 3.94. The molecule has 2 heterocycles. The smallest absolute Gasteiger partial charge is 0.248 e. The fraction of sp³-hybridized carbons (Fsp3) is 0.0952. The van der Waals surface area contributed by atoms with Crippen LogP contribution in [0.1, 0.15) is 11.1 Å². The van der Waals surface area contributed by atoms with E-state index in [2.05, 4.69) is 15.0 Å². The first-order chi connectivity index (χ1) is 14.0. The molecule has 0 saturated carbocycles. The van der Waals surface area contributed by atoms with E-state index in [9.17, 15) is 18.0 Å². The maximum absolute atomic E-state index is 14.2. The van der Waals surface area contributed by atoms with E-state index in [-0.39, 0.29) is 17.9 Å². The number of hydrogen-bond donors (Lipinski definition) is 1. The van der Waals surface area contributed by atoms with Crippen LogP contribution in [0.15, 0.2) is 65.8 Å². The molecular weight excluding hydrogens is 381 g/mol. The van der Waals surface area contributed by atoms with Gasteiger partial charge in [0.1, 0.15) is 11.6 Å². The summed E-state index contributed by atoms with van der Waals surface area (Å²) in [6, 6.07) is 9.77. The largest absolute Gasteiger partial charge is 0.347 e. The van der Waals surface area contributed by atoms with Crippen LogP contribution < -0.4 is 10.5 Å². The van der Waals surface area contributed by atoms with E-state index in [1.165, 1.54) is 36.7 Å². The lowest BCUT2D eigenvalue weighted by molar-refractivity contribution is 0.515. The summed E-state index contributed by atoms with van der Waals surface area (Å²) in [6.45, 7) is 0.526. The van der Waals surface area contributed by atoms with E-state index < -0.39 is 17.2 Å². The van der Waals surface area contributed by atoms with E-state index in [0.717, 1.165) is 11.6 Å². The SMILES string of the molecule is O=c1cc(CN(Cc2ccc(F)cc2)c2cnccn2)c2ccc(F)c(F)c2[nH]1. The van der Waals surface area contributed by atoms with Crippen molar-refractivity contribution >= 4 is 16.7 Å². The minimum absolute atomic E-state index is 0.182. The van der Waals surface area contributed by atoms with Gasteiger partial charge in [0.25, 0.3) is 0 Å². The van der Waals surface area contributed by atoms with E-state index in [4.69, 9.17) is 0 Å². The first-order valence-electron chi connectivity index (χ1n) is 8.76. The number of nitrogens with one attached hydrogen (secondary N) is 1. The fourth-order valence-corrected chi connectivity index (χ4v) is 3.15. The molecule has 0 spiro atoms. The molecule has 0 aliphatic rings. The molecule has 0 saturated heterocycles. The normalized spacial score (nSPS) is 11.0. The van der Waals surface area contributed by atoms with Crippen LogP contribution in [0.5, 0.6) is 0 Å². The lowest BCUT2D eigenvalue weighted by Gasteiger charge is -2.24. The molecule has 0 unspecified atom stereocenters. The van der Waals surface area contributed by atoms with E-state index in [1.807, 2.05) is 4.90 Å². The number of rotatable bonds is 5. The topological polar surface area (TPSA) is 61.9 Å². The monoisotopic (exact) mass is 396 g/mol. The number of anilines is 1. The molecule has 0 aliphatic heterocycles. The zero-order chi connectivity index (χ0) is 20.4. The number of H-pyrrole nitrogens is 1. The summed E-state index contributed by atoms with van der Waals surface area (Å²) in [5.41, 5.74) is 0.574. The summed E-state index contributed by atoms with van der Waals surface area (Å²) >= 11 is 0. The third-order valence-electron chi connectivity index (χ3n) is 4.52. The van der Waals surface area contributed by atoms with Crippen LogP contribution in [0.2, 0.25) is 0 Å². The molecule has 0 atom stereocenters. The summed E-state index contributed by atoms with van der Waals surface area (Å²) < 4.78 is 41.0. The van der Waals surface area contributed by atoms with E-state index in [0.29, 0.717) is 23.3 Å². The molecule has 0 fully saturated rings. The minimum Gasteiger partial charge on any atom is -0.347 e. The molecule has 8 heteroatoms. The van der Waals surface area contributed by atoms with Crippen LogP contribution in [0.3, 0.4) is 0 Å². The Labute approximate surface area is 163 Å². The molecule has 0 radical (unpaired) electrons. The number of benzene rings is 2. The fourth-order valence-electron chi connectivity index (χ4n) is 3.15. The van der Waals surface area contributed by atoms with Crippen molar-refractivity contribution in [1.29, 1.82) is 0 Å². The van der Waals surface area contributed by atoms with Gasteiger partial charge >= 0.3 is 0 Å². The standard InChI is InChI=1S/C21H15F3N4O/c22-15-3-1-13(2-4-15)11-28(18-10-25-7-8-26-18)12-14-9-19(29)27-21-16(14)5-6-17(23)20(21)24/h1-10H,11-12H2,(H,27,29). The number of aromatic amines is 1. The zero-order valence-corrected chi connectivity index (χ0v) is 15.1. The van der Waals surface area contributed by atoms with Gasteiger partial charge in [0, 0.05) is 36.9 Å². The highest BCUT2D eigenvalue weighted by Gasteiger charge is 2.16. The maximum Gasteiger partial charge on any atom is 0.248 e. The van der Waals surface area contributed by atoms with Gasteiger partial charge in [-0.05, 0) is 35.4 Å². The Hall–Kier alpha value is -3.68. The number of pyridine rings is 1. The van der Waals surface area contributed by atoms with Crippen LogP contribution in [0.25, 0.3) is 10.9 Å². The van der Waals surface area contributed by atoms with Gasteiger partial charge in [-0.2, -0.15) is 0 Å². The Morgan fingerprint density at radius 1 is 0.966 bits per heavy atom. The van der Waals surface area contributed by atoms with Gasteiger partial charge in [0.15, 0.2) is 11.6 Å². The number of hydrogen-bond acceptors (Lipinski definition) is 4. The highest BCUT2D eigenvalue weighted by atomic mass is 19.2. The van der Waals surface area contributed by atoms with Crippen molar-refractivity contribution in [3.63, 3.8) is 0 Å². The van der Waals surface area contributed by atoms with Gasteiger partial charge < -0.3 is 9.88 Å². The maximum atomic E-state index is 14.2. The number of aromatic nitrogens is 3. The van der Waals surface area contributed by atoms with Crippen LogP contribution in [-0.4, -0.2) is 15.0 Å². The second-order valence-corrected chi connectivity index (χ2v) is 6.49. The Kier molecular flexibility index (Phi) is 4.99. The van der Waals surface area contributed by atoms with Crippen LogP contribution in [0, 0.1) is 17.5 Å². The van der Waals surface area contributed by atoms with Gasteiger partial charge in [-0.15, -0.1) is 0 Å². The summed E-state index contributed by atoms with van der Waals surface area (Å²) in [5, 5.41) is 0.386. The third kappa shape index (κ3) is 3.96. The summed E-state index contributed by atoms with van der Waals surface area (Å²) in [7, 11) is 0. The first kappa shape index (κ1) is 18.7. The second-order valence-electron chi connectivity index (χ2n) is 6.49. The highest BCUT2D eigenvalue weighted by Crippen LogP contribution is 2.24. The lowest BCUT2D eigenvalue weighted by Crippen LogP contribution is -2.24. The average molecular weight is 396 g/mol. The van der Waals surface area contributed by atoms with Gasteiger partial charge in [-0.3, -0.25) is 9.78 Å². The van der Waals surface area contributed by atoms with Crippen LogP contribution in [-0.2, 0) is 13.1 Å². The molecule has 2 aromatic heterocycles. The Morgan fingerprint density at radius 2 is 1.76 bits per heavy atom. The van der Waals surface area contributed by atoms with E-state index in [1.54, 1.807) is 18.3 Å². The van der Waals surface area contributed by atoms with Crippen molar-refractivity contribution in [2.24, 2.45) is 0 Å². The molecule has 4 aromatic rings. The highest BCUT2D eigenvalue weighted by molar-refractivity contribution is 5.82. The summed E-state index contributed by atoms with van der Waals surface area (Å²) in [5.74, 6) is -1.97. The molecular formula is C21H15F3N4O. The Bertz CT molecular complexity index is 1210. The van der Waals surface area contributed by atoms with Crippen molar-refractivity contribution in [3.8, 4) is 0 Å². The van der Waals surface area contributed by atoms with Gasteiger partial charge in [0.2, 0.25) is 5.56 Å². The quantitative estimate of drug-likeness (QED) is 0.555. The molecule has 4 rings (SSSR count). The van der Waals surface area contributed by atoms with Crippen molar-refractivity contribution in [3.05, 3.63) is 100.0 Å². The van der Waals surface area contributed by atoms with Gasteiger partial charge in [-0.1, -0.05) is 12.1 Å². The molecule has 5 nitrogen and oxygen atoms in total. The Balaban J connectivity index is 1.77. The second kappa shape index (κ2) is 7.75. The summed E-state index contributed by atoms with van der Waals surface area (Å²) in [6.07, 6.45) is 4.61. The number of fused-ring (bicyclic) bond motifs is 1. The van der Waals surface area contributed by atoms with Crippen molar-refractivity contribution < 1.29 is 13.2 Å². The molecule has 0 bridgehead atoms. The summed E-state index contributed by atoms with van der Waals surface area (Å²) in [4.78, 5) is 24.6. The van der Waals surface area contributed by atoms with Crippen molar-refractivity contribution in [1.82, 2.24) is 15.0 Å². The van der Waals surface area contributed by atoms with Crippen LogP contribution >= 0.6 is 0 Å². The number of halogens is 3. The van der Waals surface area contributed by atoms with Crippen LogP contribution in [0.4, 0.5) is 19.0 Å². The molecule has 29 heavy (non-hydrogen) atoms. The average Bonchev–Trinajstić information content (AvgIpc) is 2.73. The van der Waals surface area contributed by atoms with E-state index >= 15 is 0 Å². The van der Waals surface area contributed by atoms with Crippen molar-refractivity contribution in [2.75, 3.05) is 4.90 Å². The van der Waals surface area contributed by atoms with Gasteiger partial charge in [0.05, 0.1) is 11.7 Å². The zero-order valence-electron chi connectivity index (χ0n) is 15.1. The first-order valence-corrected chi connectivity index (χ1v) is 8.76. The molecule has 1 N–H and O–H groups in total. The molecule has 0 amide bonds. The Morgan fingerprint density at radius 3 is 2.48 bits per heavy atom. The molecule has 2 aromatic carbocycles. The molecule has 0 aliphatic carbocycles. The molecule has 146 valence electrons. The predicted molar refractivity (Wildman–Crippen MR) is 103 cm³/mol. The van der Waals surface area contributed by atoms with Crippen molar-refractivity contribution in [2.45, 2.75) is 13.1 Å². The lowest BCUT2D eigenvalue weighted by atomic mass is 10.1. The van der Waals surface area contributed by atoms with Gasteiger partial charge in [-0.25, -0.2) is 18.2 Å². The minimum atomic E-state index is -1.11. The third-order valence-corrected chi connectivity index (χ3v) is 4.52. The number of nitrogens with zero attached hydrogens (tertiary/aromatic N) is 3.